The number of amides is 3. The Bertz CT molecular complexity index is 882. The molecule has 34 heavy (non-hydrogen) atoms. The fourth-order valence-corrected chi connectivity index (χ4v) is 3.61. The number of ether oxygens (including phenoxy) is 2. The predicted molar refractivity (Wildman–Crippen MR) is 124 cm³/mol. The molecule has 0 unspecified atom stereocenters. The van der Waals surface area contributed by atoms with Crippen LogP contribution in [0.1, 0.15) is 45.6 Å². The van der Waals surface area contributed by atoms with Gasteiger partial charge in [0.25, 0.3) is 0 Å². The average molecular weight is 476 g/mol. The van der Waals surface area contributed by atoms with Gasteiger partial charge in [0.05, 0.1) is 6.04 Å². The number of benzene rings is 1. The Balaban J connectivity index is 2.04. The van der Waals surface area contributed by atoms with E-state index < -0.39 is 47.8 Å². The molecular formula is C24H33N3O7. The second-order valence-corrected chi connectivity index (χ2v) is 8.96. The van der Waals surface area contributed by atoms with Gasteiger partial charge in [-0.05, 0) is 45.6 Å². The van der Waals surface area contributed by atoms with Crippen molar-refractivity contribution in [1.29, 1.82) is 0 Å². The van der Waals surface area contributed by atoms with Crippen LogP contribution in [0.25, 0.3) is 0 Å². The Labute approximate surface area is 199 Å². The summed E-state index contributed by atoms with van der Waals surface area (Å²) in [6.45, 7) is 8.83. The summed E-state index contributed by atoms with van der Waals surface area (Å²) in [6, 6.07) is 6.53. The molecule has 1 aromatic carbocycles. The summed E-state index contributed by atoms with van der Waals surface area (Å²) in [7, 11) is 0. The number of carbonyl (C=O) groups is 4. The van der Waals surface area contributed by atoms with E-state index in [1.54, 1.807) is 20.8 Å². The fourth-order valence-electron chi connectivity index (χ4n) is 3.61. The molecule has 0 radical (unpaired) electrons. The zero-order chi connectivity index (χ0) is 25.3. The number of alkyl carbamates (subject to hydrolysis) is 2. The van der Waals surface area contributed by atoms with Crippen molar-refractivity contribution in [3.63, 3.8) is 0 Å². The second-order valence-electron chi connectivity index (χ2n) is 8.96. The molecule has 2 rings (SSSR count). The third-order valence-electron chi connectivity index (χ3n) is 5.14. The van der Waals surface area contributed by atoms with Crippen molar-refractivity contribution in [1.82, 2.24) is 15.5 Å². The number of likely N-dealkylation sites (tertiary alicyclic amines) is 1. The van der Waals surface area contributed by atoms with Crippen molar-refractivity contribution in [3.05, 3.63) is 48.6 Å². The highest BCUT2D eigenvalue weighted by atomic mass is 16.6. The van der Waals surface area contributed by atoms with Crippen molar-refractivity contribution in [3.8, 4) is 0 Å². The van der Waals surface area contributed by atoms with Crippen LogP contribution in [0.15, 0.2) is 43.0 Å². The van der Waals surface area contributed by atoms with Crippen molar-refractivity contribution in [2.75, 3.05) is 6.54 Å². The van der Waals surface area contributed by atoms with Gasteiger partial charge in [-0.3, -0.25) is 4.79 Å². The average Bonchev–Trinajstić information content (AvgIpc) is 3.20. The number of carbonyl (C=O) groups excluding carboxylic acids is 3. The Morgan fingerprint density at radius 1 is 1.18 bits per heavy atom. The Morgan fingerprint density at radius 2 is 1.85 bits per heavy atom. The number of carboxylic acids is 1. The number of hydrogen-bond acceptors (Lipinski definition) is 6. The molecule has 1 aromatic rings. The van der Waals surface area contributed by atoms with Gasteiger partial charge in [-0.1, -0.05) is 36.4 Å². The molecule has 10 heteroatoms. The number of rotatable bonds is 9. The minimum Gasteiger partial charge on any atom is -0.480 e. The molecular weight excluding hydrogens is 442 g/mol. The van der Waals surface area contributed by atoms with Gasteiger partial charge in [-0.15, -0.1) is 6.58 Å². The lowest BCUT2D eigenvalue weighted by molar-refractivity contribution is -0.150. The van der Waals surface area contributed by atoms with E-state index in [2.05, 4.69) is 17.2 Å². The van der Waals surface area contributed by atoms with Gasteiger partial charge in [0.15, 0.2) is 0 Å². The molecule has 0 aliphatic carbocycles. The van der Waals surface area contributed by atoms with Gasteiger partial charge in [-0.25, -0.2) is 14.4 Å². The fraction of sp³-hybridized carbons (Fsp3) is 0.500. The number of aliphatic carboxylic acids is 1. The smallest absolute Gasteiger partial charge is 0.408 e. The van der Waals surface area contributed by atoms with E-state index in [0.29, 0.717) is 6.42 Å². The van der Waals surface area contributed by atoms with Crippen LogP contribution in [0.2, 0.25) is 0 Å². The summed E-state index contributed by atoms with van der Waals surface area (Å²) in [5.41, 5.74) is 0.0273. The lowest BCUT2D eigenvalue weighted by atomic mass is 10.1. The van der Waals surface area contributed by atoms with Gasteiger partial charge >= 0.3 is 18.2 Å². The minimum atomic E-state index is -1.13. The molecule has 3 atom stereocenters. The Morgan fingerprint density at radius 3 is 2.44 bits per heavy atom. The van der Waals surface area contributed by atoms with E-state index >= 15 is 0 Å². The van der Waals surface area contributed by atoms with Gasteiger partial charge in [0.2, 0.25) is 5.91 Å². The highest BCUT2D eigenvalue weighted by Crippen LogP contribution is 2.26. The first-order valence-corrected chi connectivity index (χ1v) is 11.1. The van der Waals surface area contributed by atoms with E-state index in [0.717, 1.165) is 5.56 Å². The summed E-state index contributed by atoms with van der Waals surface area (Å²) >= 11 is 0. The summed E-state index contributed by atoms with van der Waals surface area (Å²) in [5, 5.41) is 14.6. The number of nitrogens with zero attached hydrogens (tertiary/aromatic N) is 1. The monoisotopic (exact) mass is 475 g/mol. The van der Waals surface area contributed by atoms with E-state index in [1.807, 2.05) is 30.3 Å². The molecule has 1 heterocycles. The molecule has 3 N–H and O–H groups in total. The molecule has 1 fully saturated rings. The zero-order valence-electron chi connectivity index (χ0n) is 19.8. The predicted octanol–water partition coefficient (Wildman–Crippen LogP) is 2.83. The van der Waals surface area contributed by atoms with Gasteiger partial charge < -0.3 is 30.1 Å². The van der Waals surface area contributed by atoms with Crippen LogP contribution in [0.3, 0.4) is 0 Å². The maximum Gasteiger partial charge on any atom is 0.408 e. The molecule has 1 aliphatic heterocycles. The normalized spacial score (nSPS) is 18.5. The number of hydrogen-bond donors (Lipinski definition) is 3. The minimum absolute atomic E-state index is 0.00413. The summed E-state index contributed by atoms with van der Waals surface area (Å²) in [4.78, 5) is 50.6. The van der Waals surface area contributed by atoms with Gasteiger partial charge in [0, 0.05) is 6.54 Å². The van der Waals surface area contributed by atoms with Crippen molar-refractivity contribution in [2.24, 2.45) is 0 Å². The van der Waals surface area contributed by atoms with Crippen LogP contribution in [-0.2, 0) is 25.7 Å². The lowest BCUT2D eigenvalue weighted by Crippen LogP contribution is -2.55. The quantitative estimate of drug-likeness (QED) is 0.468. The molecule has 0 bridgehead atoms. The van der Waals surface area contributed by atoms with E-state index in [9.17, 15) is 24.3 Å². The topological polar surface area (TPSA) is 134 Å². The van der Waals surface area contributed by atoms with Crippen LogP contribution < -0.4 is 10.6 Å². The van der Waals surface area contributed by atoms with Gasteiger partial charge in [0.1, 0.15) is 24.3 Å². The molecule has 0 saturated carbocycles. The zero-order valence-corrected chi connectivity index (χ0v) is 19.8. The Kier molecular flexibility index (Phi) is 9.47. The van der Waals surface area contributed by atoms with Crippen LogP contribution in [0, 0.1) is 0 Å². The molecule has 1 saturated heterocycles. The summed E-state index contributed by atoms with van der Waals surface area (Å²) in [6.07, 6.45) is 0.756. The first-order chi connectivity index (χ1) is 16.0. The van der Waals surface area contributed by atoms with Crippen LogP contribution in [-0.4, -0.2) is 64.3 Å². The van der Waals surface area contributed by atoms with E-state index in [-0.39, 0.29) is 26.0 Å². The number of carboxylic acid groups (broad SMARTS) is 1. The highest BCUT2D eigenvalue weighted by molar-refractivity contribution is 5.90. The molecule has 10 nitrogen and oxygen atoms in total. The summed E-state index contributed by atoms with van der Waals surface area (Å²) < 4.78 is 10.4. The largest absolute Gasteiger partial charge is 0.480 e. The van der Waals surface area contributed by atoms with Crippen LogP contribution in [0.4, 0.5) is 9.59 Å². The highest BCUT2D eigenvalue weighted by Gasteiger charge is 2.42. The van der Waals surface area contributed by atoms with Gasteiger partial charge in [-0.2, -0.15) is 0 Å². The third kappa shape index (κ3) is 8.09. The van der Waals surface area contributed by atoms with E-state index in [1.165, 1.54) is 11.0 Å². The van der Waals surface area contributed by atoms with Crippen molar-refractivity contribution < 1.29 is 33.8 Å². The standard InChI is InChI=1S/C24H33N3O7/c1-5-17-11-12-19(21(29)30)27(17)20(28)18(26-23(32)34-24(2,3)4)13-14-25-22(31)33-15-16-9-7-6-8-10-16/h5-10,17-19H,1,11-15H2,2-4H3,(H,25,31)(H,26,32)(H,29,30)/t17-,18-,19-/m0/s1. The first-order valence-electron chi connectivity index (χ1n) is 11.1. The molecule has 0 aromatic heterocycles. The van der Waals surface area contributed by atoms with Crippen molar-refractivity contribution in [2.45, 2.75) is 70.4 Å². The summed E-state index contributed by atoms with van der Waals surface area (Å²) in [5.74, 6) is -1.71. The number of nitrogens with one attached hydrogen (secondary N) is 2. The molecule has 186 valence electrons. The van der Waals surface area contributed by atoms with Crippen LogP contribution >= 0.6 is 0 Å². The van der Waals surface area contributed by atoms with E-state index in [4.69, 9.17) is 9.47 Å². The Hall–Kier alpha value is -3.56. The SMILES string of the molecule is C=C[C@H]1CC[C@@H](C(=O)O)N1C(=O)[C@H](CCNC(=O)OCc1ccccc1)NC(=O)OC(C)(C)C. The first kappa shape index (κ1) is 26.7. The third-order valence-corrected chi connectivity index (χ3v) is 5.14. The second kappa shape index (κ2) is 12.1. The molecule has 1 aliphatic rings. The van der Waals surface area contributed by atoms with Crippen molar-refractivity contribution >= 4 is 24.1 Å². The maximum absolute atomic E-state index is 13.3. The maximum atomic E-state index is 13.3. The lowest BCUT2D eigenvalue weighted by Gasteiger charge is -2.31. The van der Waals surface area contributed by atoms with Crippen LogP contribution in [0.5, 0.6) is 0 Å². The molecule has 0 spiro atoms. The molecule has 3 amide bonds.